The number of carbonyl (C=O) groups excluding carboxylic acids is 2. The number of nitrogens with one attached hydrogen (secondary N) is 1. The van der Waals surface area contributed by atoms with Crippen molar-refractivity contribution in [2.75, 3.05) is 18.4 Å². The number of halogens is 1. The van der Waals surface area contributed by atoms with Gasteiger partial charge in [0.05, 0.1) is 11.7 Å². The largest absolute Gasteiger partial charge is 0.490 e. The van der Waals surface area contributed by atoms with Crippen molar-refractivity contribution < 1.29 is 14.3 Å². The number of anilines is 1. The zero-order chi connectivity index (χ0) is 19.4. The van der Waals surface area contributed by atoms with Gasteiger partial charge in [0.25, 0.3) is 5.91 Å². The first-order chi connectivity index (χ1) is 12.9. The molecule has 1 fully saturated rings. The molecular weight excluding hydrogens is 432 g/mol. The lowest BCUT2D eigenvalue weighted by Gasteiger charge is -2.31. The highest BCUT2D eigenvalue weighted by atomic mass is 79.9. The molecule has 27 heavy (non-hydrogen) atoms. The topological polar surface area (TPSA) is 84.4 Å². The van der Waals surface area contributed by atoms with Gasteiger partial charge in [-0.1, -0.05) is 27.3 Å². The monoisotopic (exact) mass is 452 g/mol. The minimum absolute atomic E-state index is 0.0272. The molecular formula is C18H21BrN4O3S. The van der Waals surface area contributed by atoms with Gasteiger partial charge in [-0.05, 0) is 44.9 Å². The van der Waals surface area contributed by atoms with Gasteiger partial charge in [0.2, 0.25) is 11.0 Å². The molecule has 7 nitrogen and oxygen atoms in total. The Kier molecular flexibility index (Phi) is 6.43. The molecule has 9 heteroatoms. The quantitative estimate of drug-likeness (QED) is 0.748. The summed E-state index contributed by atoms with van der Waals surface area (Å²) >= 11 is 4.71. The number of amides is 2. The summed E-state index contributed by atoms with van der Waals surface area (Å²) in [5.74, 6) is 0.308. The van der Waals surface area contributed by atoms with Crippen LogP contribution in [-0.2, 0) is 4.79 Å². The van der Waals surface area contributed by atoms with Crippen LogP contribution in [0.2, 0.25) is 0 Å². The van der Waals surface area contributed by atoms with Crippen LogP contribution in [-0.4, -0.2) is 46.1 Å². The molecule has 0 unspecified atom stereocenters. The van der Waals surface area contributed by atoms with E-state index in [0.29, 0.717) is 42.4 Å². The molecule has 0 spiro atoms. The maximum Gasteiger partial charge on any atom is 0.257 e. The lowest BCUT2D eigenvalue weighted by molar-refractivity contribution is -0.121. The minimum atomic E-state index is -0.130. The van der Waals surface area contributed by atoms with Crippen LogP contribution >= 0.6 is 27.3 Å². The summed E-state index contributed by atoms with van der Waals surface area (Å²) < 4.78 is 6.67. The highest BCUT2D eigenvalue weighted by Gasteiger charge is 2.29. The van der Waals surface area contributed by atoms with Crippen molar-refractivity contribution in [3.8, 4) is 5.75 Å². The van der Waals surface area contributed by atoms with E-state index < -0.39 is 0 Å². The van der Waals surface area contributed by atoms with E-state index >= 15 is 0 Å². The molecule has 1 aromatic heterocycles. The number of ether oxygens (including phenoxy) is 1. The Balaban J connectivity index is 1.62. The van der Waals surface area contributed by atoms with Crippen LogP contribution in [0.3, 0.4) is 0 Å². The van der Waals surface area contributed by atoms with E-state index in [1.54, 1.807) is 16.5 Å². The number of benzene rings is 1. The van der Waals surface area contributed by atoms with Crippen molar-refractivity contribution in [2.24, 2.45) is 5.92 Å². The summed E-state index contributed by atoms with van der Waals surface area (Å²) in [6.07, 6.45) is 1.21. The third kappa shape index (κ3) is 5.04. The van der Waals surface area contributed by atoms with E-state index in [-0.39, 0.29) is 23.8 Å². The Bertz CT molecular complexity index is 805. The summed E-state index contributed by atoms with van der Waals surface area (Å²) in [5.41, 5.74) is 2.12. The van der Waals surface area contributed by atoms with Gasteiger partial charge in [0.15, 0.2) is 0 Å². The zero-order valence-electron chi connectivity index (χ0n) is 15.1. The first-order valence-electron chi connectivity index (χ1n) is 8.76. The van der Waals surface area contributed by atoms with E-state index in [4.69, 9.17) is 4.74 Å². The van der Waals surface area contributed by atoms with Crippen molar-refractivity contribution in [1.82, 2.24) is 15.1 Å². The summed E-state index contributed by atoms with van der Waals surface area (Å²) in [5, 5.41) is 10.8. The normalized spacial score (nSPS) is 15.0. The SMILES string of the molecule is CC(C)Oc1cc(Br)ccc1C(=O)N1CCC(C(=O)Nc2nncs2)CC1. The molecule has 1 aliphatic rings. The number of hydrogen-bond acceptors (Lipinski definition) is 6. The molecule has 1 aliphatic heterocycles. The number of likely N-dealkylation sites (tertiary alicyclic amines) is 1. The fraction of sp³-hybridized carbons (Fsp3) is 0.444. The third-order valence-corrected chi connectivity index (χ3v) is 5.38. The van der Waals surface area contributed by atoms with Crippen LogP contribution in [0, 0.1) is 5.92 Å². The first kappa shape index (κ1) is 19.8. The van der Waals surface area contributed by atoms with Crippen LogP contribution < -0.4 is 10.1 Å². The lowest BCUT2D eigenvalue weighted by atomic mass is 9.95. The molecule has 0 atom stereocenters. The van der Waals surface area contributed by atoms with E-state index in [9.17, 15) is 9.59 Å². The maximum absolute atomic E-state index is 13.0. The van der Waals surface area contributed by atoms with Gasteiger partial charge in [-0.15, -0.1) is 10.2 Å². The first-order valence-corrected chi connectivity index (χ1v) is 10.4. The molecule has 2 heterocycles. The Labute approximate surface area is 170 Å². The van der Waals surface area contributed by atoms with Gasteiger partial charge in [0, 0.05) is 23.5 Å². The standard InChI is InChI=1S/C18H21BrN4O3S/c1-11(2)26-15-9-13(19)3-4-14(15)17(25)23-7-5-12(6-8-23)16(24)21-18-22-20-10-27-18/h3-4,9-12H,5-8H2,1-2H3,(H,21,22,24). The van der Waals surface area contributed by atoms with Crippen molar-refractivity contribution >= 4 is 44.2 Å². The second-order valence-corrected chi connectivity index (χ2v) is 8.36. The second kappa shape index (κ2) is 8.79. The Hall–Kier alpha value is -2.00. The highest BCUT2D eigenvalue weighted by Crippen LogP contribution is 2.28. The summed E-state index contributed by atoms with van der Waals surface area (Å²) in [4.78, 5) is 27.1. The average Bonchev–Trinajstić information content (AvgIpc) is 3.14. The molecule has 0 bridgehead atoms. The van der Waals surface area contributed by atoms with Crippen LogP contribution in [0.4, 0.5) is 5.13 Å². The molecule has 2 aromatic rings. The van der Waals surface area contributed by atoms with Crippen LogP contribution in [0.5, 0.6) is 5.75 Å². The van der Waals surface area contributed by atoms with Crippen LogP contribution in [0.25, 0.3) is 0 Å². The second-order valence-electron chi connectivity index (χ2n) is 6.61. The Morgan fingerprint density at radius 2 is 2.07 bits per heavy atom. The number of nitrogens with zero attached hydrogens (tertiary/aromatic N) is 3. The van der Waals surface area contributed by atoms with E-state index in [1.165, 1.54) is 11.3 Å². The van der Waals surface area contributed by atoms with Gasteiger partial charge in [-0.2, -0.15) is 0 Å². The van der Waals surface area contributed by atoms with Gasteiger partial charge in [-0.25, -0.2) is 0 Å². The molecule has 0 aliphatic carbocycles. The fourth-order valence-electron chi connectivity index (χ4n) is 2.97. The van der Waals surface area contributed by atoms with Crippen LogP contribution in [0.1, 0.15) is 37.0 Å². The molecule has 144 valence electrons. The number of piperidine rings is 1. The maximum atomic E-state index is 13.0. The van der Waals surface area contributed by atoms with Crippen molar-refractivity contribution in [3.63, 3.8) is 0 Å². The van der Waals surface area contributed by atoms with Gasteiger partial charge in [-0.3, -0.25) is 9.59 Å². The third-order valence-electron chi connectivity index (χ3n) is 4.28. The predicted octanol–water partition coefficient (Wildman–Crippen LogP) is 3.58. The summed E-state index contributed by atoms with van der Waals surface area (Å²) in [6.45, 7) is 4.92. The highest BCUT2D eigenvalue weighted by molar-refractivity contribution is 9.10. The van der Waals surface area contributed by atoms with Crippen molar-refractivity contribution in [3.05, 3.63) is 33.7 Å². The fourth-order valence-corrected chi connectivity index (χ4v) is 3.76. The van der Waals surface area contributed by atoms with Gasteiger partial charge >= 0.3 is 0 Å². The Morgan fingerprint density at radius 3 is 2.70 bits per heavy atom. The summed E-state index contributed by atoms with van der Waals surface area (Å²) in [7, 11) is 0. The smallest absolute Gasteiger partial charge is 0.257 e. The van der Waals surface area contributed by atoms with Gasteiger partial charge in [0.1, 0.15) is 11.3 Å². The molecule has 0 radical (unpaired) electrons. The van der Waals surface area contributed by atoms with Crippen molar-refractivity contribution in [2.45, 2.75) is 32.8 Å². The van der Waals surface area contributed by atoms with Gasteiger partial charge < -0.3 is 15.0 Å². The minimum Gasteiger partial charge on any atom is -0.490 e. The van der Waals surface area contributed by atoms with E-state index in [0.717, 1.165) is 4.47 Å². The van der Waals surface area contributed by atoms with Crippen LogP contribution in [0.15, 0.2) is 28.2 Å². The van der Waals surface area contributed by atoms with E-state index in [2.05, 4.69) is 31.4 Å². The Morgan fingerprint density at radius 1 is 1.33 bits per heavy atom. The lowest BCUT2D eigenvalue weighted by Crippen LogP contribution is -2.41. The molecule has 1 saturated heterocycles. The molecule has 1 N–H and O–H groups in total. The number of carbonyl (C=O) groups is 2. The zero-order valence-corrected chi connectivity index (χ0v) is 17.5. The number of aromatic nitrogens is 2. The molecule has 1 aromatic carbocycles. The number of rotatable bonds is 5. The molecule has 3 rings (SSSR count). The predicted molar refractivity (Wildman–Crippen MR) is 107 cm³/mol. The molecule has 0 saturated carbocycles. The number of hydrogen-bond donors (Lipinski definition) is 1. The summed E-state index contributed by atoms with van der Waals surface area (Å²) in [6, 6.07) is 5.43. The van der Waals surface area contributed by atoms with E-state index in [1.807, 2.05) is 26.0 Å². The van der Waals surface area contributed by atoms with Crippen molar-refractivity contribution in [1.29, 1.82) is 0 Å². The average molecular weight is 453 g/mol. The molecule has 2 amide bonds.